The second-order valence-corrected chi connectivity index (χ2v) is 7.31. The molecular formula is C12H27N3O2S. The molecule has 3 N–H and O–H groups in total. The molecule has 1 heterocycles. The summed E-state index contributed by atoms with van der Waals surface area (Å²) in [4.78, 5) is 0. The number of hydrogen-bond donors (Lipinski definition) is 2. The molecule has 0 amide bonds. The third kappa shape index (κ3) is 4.19. The van der Waals surface area contributed by atoms with Crippen molar-refractivity contribution in [2.24, 2.45) is 11.7 Å². The molecule has 0 aromatic rings. The minimum absolute atomic E-state index is 0.434. The van der Waals surface area contributed by atoms with Crippen LogP contribution in [-0.4, -0.2) is 37.9 Å². The summed E-state index contributed by atoms with van der Waals surface area (Å²) in [6.45, 7) is 7.81. The zero-order chi connectivity index (χ0) is 13.8. The van der Waals surface area contributed by atoms with E-state index < -0.39 is 15.7 Å². The minimum atomic E-state index is -3.37. The molecule has 0 aromatic heterocycles. The zero-order valence-corrected chi connectivity index (χ0v) is 12.6. The minimum Gasteiger partial charge on any atom is -0.330 e. The molecule has 0 bridgehead atoms. The first-order chi connectivity index (χ1) is 8.33. The predicted octanol–water partition coefficient (Wildman–Crippen LogP) is 1.07. The Labute approximate surface area is 111 Å². The number of nitrogens with one attached hydrogen (secondary N) is 1. The van der Waals surface area contributed by atoms with Crippen LogP contribution in [0.5, 0.6) is 0 Å². The highest BCUT2D eigenvalue weighted by Gasteiger charge is 2.32. The van der Waals surface area contributed by atoms with Crippen LogP contribution < -0.4 is 10.5 Å². The van der Waals surface area contributed by atoms with Crippen LogP contribution in [0.2, 0.25) is 0 Å². The monoisotopic (exact) mass is 277 g/mol. The topological polar surface area (TPSA) is 75.4 Å². The van der Waals surface area contributed by atoms with Gasteiger partial charge in [-0.05, 0) is 45.1 Å². The summed E-state index contributed by atoms with van der Waals surface area (Å²) in [6, 6.07) is 0. The van der Waals surface area contributed by atoms with Crippen molar-refractivity contribution in [3.8, 4) is 0 Å². The van der Waals surface area contributed by atoms with E-state index in [9.17, 15) is 8.42 Å². The van der Waals surface area contributed by atoms with Gasteiger partial charge in [-0.25, -0.2) is 0 Å². The van der Waals surface area contributed by atoms with E-state index in [4.69, 9.17) is 5.73 Å². The maximum Gasteiger partial charge on any atom is 0.279 e. The first kappa shape index (κ1) is 15.9. The Morgan fingerprint density at radius 2 is 1.94 bits per heavy atom. The van der Waals surface area contributed by atoms with Gasteiger partial charge in [0, 0.05) is 18.6 Å². The van der Waals surface area contributed by atoms with Gasteiger partial charge in [-0.3, -0.25) is 0 Å². The van der Waals surface area contributed by atoms with Crippen molar-refractivity contribution in [2.45, 2.75) is 52.0 Å². The van der Waals surface area contributed by atoms with E-state index in [0.29, 0.717) is 32.0 Å². The fourth-order valence-electron chi connectivity index (χ4n) is 2.22. The lowest BCUT2D eigenvalue weighted by atomic mass is 9.96. The smallest absolute Gasteiger partial charge is 0.279 e. The van der Waals surface area contributed by atoms with E-state index in [-0.39, 0.29) is 0 Å². The SMILES string of the molecule is CCC(C)(CCN)NS(=O)(=O)N1CCC(C)CC1. The van der Waals surface area contributed by atoms with Crippen LogP contribution in [0.15, 0.2) is 0 Å². The number of nitrogens with two attached hydrogens (primary N) is 1. The van der Waals surface area contributed by atoms with E-state index in [1.54, 1.807) is 4.31 Å². The largest absolute Gasteiger partial charge is 0.330 e. The van der Waals surface area contributed by atoms with Gasteiger partial charge in [0.2, 0.25) is 0 Å². The van der Waals surface area contributed by atoms with Gasteiger partial charge in [-0.15, -0.1) is 0 Å². The normalized spacial score (nSPS) is 22.9. The molecule has 1 unspecified atom stereocenters. The third-order valence-electron chi connectivity index (χ3n) is 3.93. The molecular weight excluding hydrogens is 250 g/mol. The molecule has 108 valence electrons. The molecule has 6 heteroatoms. The van der Waals surface area contributed by atoms with Crippen LogP contribution >= 0.6 is 0 Å². The highest BCUT2D eigenvalue weighted by Crippen LogP contribution is 2.21. The molecule has 18 heavy (non-hydrogen) atoms. The van der Waals surface area contributed by atoms with E-state index in [2.05, 4.69) is 11.6 Å². The van der Waals surface area contributed by atoms with Gasteiger partial charge < -0.3 is 5.73 Å². The standard InChI is InChI=1S/C12H27N3O2S/c1-4-12(3,7-8-13)14-18(16,17)15-9-5-11(2)6-10-15/h11,14H,4-10,13H2,1-3H3. The van der Waals surface area contributed by atoms with Crippen molar-refractivity contribution in [2.75, 3.05) is 19.6 Å². The zero-order valence-electron chi connectivity index (χ0n) is 11.8. The van der Waals surface area contributed by atoms with E-state index >= 15 is 0 Å². The molecule has 1 saturated heterocycles. The molecule has 1 aliphatic rings. The van der Waals surface area contributed by atoms with Gasteiger partial charge >= 0.3 is 0 Å². The summed E-state index contributed by atoms with van der Waals surface area (Å²) in [7, 11) is -3.37. The Morgan fingerprint density at radius 3 is 2.39 bits per heavy atom. The van der Waals surface area contributed by atoms with Crippen molar-refractivity contribution in [1.82, 2.24) is 9.03 Å². The van der Waals surface area contributed by atoms with Crippen LogP contribution in [0.3, 0.4) is 0 Å². The van der Waals surface area contributed by atoms with Gasteiger partial charge in [-0.1, -0.05) is 13.8 Å². The highest BCUT2D eigenvalue weighted by molar-refractivity contribution is 7.87. The Morgan fingerprint density at radius 1 is 1.39 bits per heavy atom. The van der Waals surface area contributed by atoms with E-state index in [1.165, 1.54) is 0 Å². The molecule has 1 fully saturated rings. The molecule has 0 spiro atoms. The lowest BCUT2D eigenvalue weighted by molar-refractivity contribution is 0.275. The molecule has 0 aliphatic carbocycles. The van der Waals surface area contributed by atoms with Crippen molar-refractivity contribution < 1.29 is 8.42 Å². The van der Waals surface area contributed by atoms with Gasteiger partial charge in [0.1, 0.15) is 0 Å². The Bertz CT molecular complexity index is 350. The van der Waals surface area contributed by atoms with Crippen molar-refractivity contribution in [3.05, 3.63) is 0 Å². The molecule has 0 radical (unpaired) electrons. The highest BCUT2D eigenvalue weighted by atomic mass is 32.2. The lowest BCUT2D eigenvalue weighted by Gasteiger charge is -2.35. The maximum atomic E-state index is 12.3. The summed E-state index contributed by atoms with van der Waals surface area (Å²) >= 11 is 0. The number of nitrogens with zero attached hydrogens (tertiary/aromatic N) is 1. The van der Waals surface area contributed by atoms with E-state index in [0.717, 1.165) is 19.3 Å². The van der Waals surface area contributed by atoms with Crippen LogP contribution in [0, 0.1) is 5.92 Å². The number of rotatable bonds is 6. The average Bonchev–Trinajstić information content (AvgIpc) is 2.29. The van der Waals surface area contributed by atoms with Gasteiger partial charge in [0.15, 0.2) is 0 Å². The third-order valence-corrected chi connectivity index (χ3v) is 5.73. The molecule has 0 saturated carbocycles. The Kier molecular flexibility index (Phi) is 5.58. The average molecular weight is 277 g/mol. The first-order valence-corrected chi connectivity index (χ1v) is 8.26. The maximum absolute atomic E-state index is 12.3. The quantitative estimate of drug-likeness (QED) is 0.762. The van der Waals surface area contributed by atoms with Crippen LogP contribution in [-0.2, 0) is 10.2 Å². The van der Waals surface area contributed by atoms with Crippen molar-refractivity contribution >= 4 is 10.2 Å². The van der Waals surface area contributed by atoms with Gasteiger partial charge in [0.25, 0.3) is 10.2 Å². The molecule has 5 nitrogen and oxygen atoms in total. The molecule has 1 atom stereocenters. The van der Waals surface area contributed by atoms with Crippen molar-refractivity contribution in [3.63, 3.8) is 0 Å². The van der Waals surface area contributed by atoms with Gasteiger partial charge in [0.05, 0.1) is 0 Å². The molecule has 1 rings (SSSR count). The predicted molar refractivity (Wildman–Crippen MR) is 74.4 cm³/mol. The Hall–Kier alpha value is -0.170. The van der Waals surface area contributed by atoms with Gasteiger partial charge in [-0.2, -0.15) is 17.4 Å². The van der Waals surface area contributed by atoms with Crippen LogP contribution in [0.4, 0.5) is 0 Å². The number of piperidine rings is 1. The second-order valence-electron chi connectivity index (χ2n) is 5.64. The summed E-state index contributed by atoms with van der Waals surface area (Å²) in [5.74, 6) is 0.623. The number of hydrogen-bond acceptors (Lipinski definition) is 3. The lowest BCUT2D eigenvalue weighted by Crippen LogP contribution is -2.53. The summed E-state index contributed by atoms with van der Waals surface area (Å²) in [5, 5.41) is 0. The van der Waals surface area contributed by atoms with Crippen molar-refractivity contribution in [1.29, 1.82) is 0 Å². The molecule has 1 aliphatic heterocycles. The molecule has 0 aromatic carbocycles. The van der Waals surface area contributed by atoms with Crippen LogP contribution in [0.25, 0.3) is 0 Å². The fourth-order valence-corrected chi connectivity index (χ4v) is 3.91. The second kappa shape index (κ2) is 6.32. The Balaban J connectivity index is 2.69. The fraction of sp³-hybridized carbons (Fsp3) is 1.00. The summed E-state index contributed by atoms with van der Waals surface area (Å²) in [6.07, 6.45) is 3.29. The van der Waals surface area contributed by atoms with Crippen LogP contribution in [0.1, 0.15) is 46.5 Å². The summed E-state index contributed by atoms with van der Waals surface area (Å²) in [5.41, 5.74) is 5.12. The first-order valence-electron chi connectivity index (χ1n) is 6.82. The summed E-state index contributed by atoms with van der Waals surface area (Å²) < 4.78 is 29.0. The van der Waals surface area contributed by atoms with E-state index in [1.807, 2.05) is 13.8 Å².